The van der Waals surface area contributed by atoms with Gasteiger partial charge in [0.2, 0.25) is 0 Å². The molecule has 2 rings (SSSR count). The van der Waals surface area contributed by atoms with E-state index in [-0.39, 0.29) is 0 Å². The van der Waals surface area contributed by atoms with Crippen LogP contribution in [0.1, 0.15) is 10.4 Å². The van der Waals surface area contributed by atoms with Gasteiger partial charge in [0.25, 0.3) is 0 Å². The summed E-state index contributed by atoms with van der Waals surface area (Å²) in [5.74, 6) is 1.61. The topological polar surface area (TPSA) is 0 Å². The zero-order chi connectivity index (χ0) is 11.4. The minimum atomic E-state index is 0.586. The van der Waals surface area contributed by atoms with Crippen molar-refractivity contribution in [2.75, 3.05) is 0 Å². The molecular weight excluding hydrogens is 324 g/mol. The Kier molecular flexibility index (Phi) is 4.77. The molecule has 2 aromatic rings. The Hall–Kier alpha value is 0.0400. The Bertz CT molecular complexity index is 450. The number of thioether (sulfide) groups is 1. The highest BCUT2D eigenvalue weighted by Gasteiger charge is 1.99. The van der Waals surface area contributed by atoms with Crippen molar-refractivity contribution < 1.29 is 0 Å². The average Bonchev–Trinajstić information content (AvgIpc) is 2.73. The molecule has 1 aromatic carbocycles. The third kappa shape index (κ3) is 3.52. The molecule has 0 unspecified atom stereocenters. The number of hydrogen-bond acceptors (Lipinski definition) is 2. The van der Waals surface area contributed by atoms with Crippen LogP contribution in [0.3, 0.4) is 0 Å². The van der Waals surface area contributed by atoms with Gasteiger partial charge in [-0.3, -0.25) is 0 Å². The van der Waals surface area contributed by atoms with E-state index < -0.39 is 0 Å². The van der Waals surface area contributed by atoms with Crippen LogP contribution in [-0.4, -0.2) is 0 Å². The summed E-state index contributed by atoms with van der Waals surface area (Å²) in [7, 11) is 0. The summed E-state index contributed by atoms with van der Waals surface area (Å²) in [6.07, 6.45) is 0. The van der Waals surface area contributed by atoms with Gasteiger partial charge in [0.1, 0.15) is 0 Å². The lowest BCUT2D eigenvalue weighted by molar-refractivity contribution is 1.33. The number of rotatable bonds is 4. The standard InChI is InChI=1S/C12H10BrClS2/c13-12-6-5-11(16-12)8-15-10-3-1-9(7-14)2-4-10/h1-6H,7-8H2. The molecule has 16 heavy (non-hydrogen) atoms. The van der Waals surface area contributed by atoms with E-state index >= 15 is 0 Å². The molecule has 0 spiro atoms. The number of hydrogen-bond donors (Lipinski definition) is 0. The summed E-state index contributed by atoms with van der Waals surface area (Å²) in [4.78, 5) is 2.68. The lowest BCUT2D eigenvalue weighted by atomic mass is 10.2. The average molecular weight is 334 g/mol. The van der Waals surface area contributed by atoms with Crippen LogP contribution in [0.15, 0.2) is 45.1 Å². The predicted octanol–water partition coefficient (Wildman–Crippen LogP) is 5.54. The van der Waals surface area contributed by atoms with Crippen LogP contribution in [0, 0.1) is 0 Å². The zero-order valence-corrected chi connectivity index (χ0v) is 12.4. The minimum Gasteiger partial charge on any atom is -0.132 e. The van der Waals surface area contributed by atoms with E-state index in [2.05, 4.69) is 52.3 Å². The molecule has 84 valence electrons. The fourth-order valence-electron chi connectivity index (χ4n) is 1.26. The van der Waals surface area contributed by atoms with Crippen LogP contribution < -0.4 is 0 Å². The van der Waals surface area contributed by atoms with E-state index in [1.807, 2.05) is 11.8 Å². The van der Waals surface area contributed by atoms with Crippen LogP contribution >= 0.6 is 50.6 Å². The number of halogens is 2. The van der Waals surface area contributed by atoms with E-state index in [0.717, 1.165) is 5.75 Å². The molecule has 0 bridgehead atoms. The van der Waals surface area contributed by atoms with E-state index in [0.29, 0.717) is 5.88 Å². The molecule has 0 radical (unpaired) electrons. The molecule has 0 aliphatic heterocycles. The van der Waals surface area contributed by atoms with Gasteiger partial charge in [0, 0.05) is 21.4 Å². The van der Waals surface area contributed by atoms with Gasteiger partial charge in [-0.05, 0) is 45.8 Å². The monoisotopic (exact) mass is 332 g/mol. The molecule has 0 aliphatic carbocycles. The maximum Gasteiger partial charge on any atom is 0.0701 e. The Balaban J connectivity index is 1.94. The van der Waals surface area contributed by atoms with E-state index in [9.17, 15) is 0 Å². The number of alkyl halides is 1. The lowest BCUT2D eigenvalue weighted by Crippen LogP contribution is -1.78. The first kappa shape index (κ1) is 12.5. The van der Waals surface area contributed by atoms with Crippen LogP contribution in [0.25, 0.3) is 0 Å². The van der Waals surface area contributed by atoms with E-state index in [1.165, 1.54) is 19.1 Å². The van der Waals surface area contributed by atoms with Gasteiger partial charge in [-0.2, -0.15) is 0 Å². The predicted molar refractivity (Wildman–Crippen MR) is 77.6 cm³/mol. The highest BCUT2D eigenvalue weighted by Crippen LogP contribution is 2.29. The molecule has 0 N–H and O–H groups in total. The Morgan fingerprint density at radius 1 is 1.12 bits per heavy atom. The van der Waals surface area contributed by atoms with Crippen molar-refractivity contribution in [1.82, 2.24) is 0 Å². The first-order valence-corrected chi connectivity index (χ1v) is 7.93. The number of benzene rings is 1. The third-order valence-electron chi connectivity index (χ3n) is 2.09. The highest BCUT2D eigenvalue weighted by molar-refractivity contribution is 9.11. The van der Waals surface area contributed by atoms with Crippen LogP contribution in [-0.2, 0) is 11.6 Å². The van der Waals surface area contributed by atoms with Crippen molar-refractivity contribution in [1.29, 1.82) is 0 Å². The molecule has 4 heteroatoms. The second-order valence-electron chi connectivity index (χ2n) is 3.27. The third-order valence-corrected chi connectivity index (χ3v) is 5.26. The highest BCUT2D eigenvalue weighted by atomic mass is 79.9. The van der Waals surface area contributed by atoms with Crippen LogP contribution in [0.4, 0.5) is 0 Å². The normalized spacial score (nSPS) is 10.6. The summed E-state index contributed by atoms with van der Waals surface area (Å²) in [6.45, 7) is 0. The molecule has 0 nitrogen and oxygen atoms in total. The largest absolute Gasteiger partial charge is 0.132 e. The second-order valence-corrected chi connectivity index (χ2v) is 7.14. The fourth-order valence-corrected chi connectivity index (χ4v) is 3.86. The fraction of sp³-hybridized carbons (Fsp3) is 0.167. The molecule has 0 saturated carbocycles. The molecular formula is C12H10BrClS2. The summed E-state index contributed by atoms with van der Waals surface area (Å²) in [5.41, 5.74) is 1.17. The van der Waals surface area contributed by atoms with Crippen molar-refractivity contribution >= 4 is 50.6 Å². The second kappa shape index (κ2) is 6.10. The van der Waals surface area contributed by atoms with Gasteiger partial charge >= 0.3 is 0 Å². The first-order chi connectivity index (χ1) is 7.78. The minimum absolute atomic E-state index is 0.586. The van der Waals surface area contributed by atoms with E-state index in [4.69, 9.17) is 11.6 Å². The van der Waals surface area contributed by atoms with Gasteiger partial charge in [-0.15, -0.1) is 34.7 Å². The maximum atomic E-state index is 5.74. The van der Waals surface area contributed by atoms with Crippen molar-refractivity contribution in [2.24, 2.45) is 0 Å². The first-order valence-electron chi connectivity index (χ1n) is 4.80. The van der Waals surface area contributed by atoms with Gasteiger partial charge in [0.15, 0.2) is 0 Å². The van der Waals surface area contributed by atoms with E-state index in [1.54, 1.807) is 11.3 Å². The Morgan fingerprint density at radius 3 is 2.44 bits per heavy atom. The number of thiophene rings is 1. The molecule has 0 fully saturated rings. The Labute approximate surface area is 117 Å². The summed E-state index contributed by atoms with van der Waals surface area (Å²) < 4.78 is 1.19. The van der Waals surface area contributed by atoms with Gasteiger partial charge in [0.05, 0.1) is 3.79 Å². The summed E-state index contributed by atoms with van der Waals surface area (Å²) in [6, 6.07) is 12.7. The maximum absolute atomic E-state index is 5.74. The van der Waals surface area contributed by atoms with Gasteiger partial charge in [-0.25, -0.2) is 0 Å². The van der Waals surface area contributed by atoms with Crippen LogP contribution in [0.5, 0.6) is 0 Å². The van der Waals surface area contributed by atoms with Gasteiger partial charge in [-0.1, -0.05) is 12.1 Å². The van der Waals surface area contributed by atoms with Crippen molar-refractivity contribution in [3.8, 4) is 0 Å². The SMILES string of the molecule is ClCc1ccc(SCc2ccc(Br)s2)cc1. The lowest BCUT2D eigenvalue weighted by Gasteiger charge is -2.00. The smallest absolute Gasteiger partial charge is 0.0701 e. The molecule has 0 saturated heterocycles. The van der Waals surface area contributed by atoms with Crippen molar-refractivity contribution in [3.63, 3.8) is 0 Å². The quantitative estimate of drug-likeness (QED) is 0.523. The molecule has 0 aliphatic rings. The van der Waals surface area contributed by atoms with Crippen molar-refractivity contribution in [2.45, 2.75) is 16.5 Å². The molecule has 0 atom stereocenters. The van der Waals surface area contributed by atoms with Crippen LogP contribution in [0.2, 0.25) is 0 Å². The summed E-state index contributed by atoms with van der Waals surface area (Å²) >= 11 is 12.9. The zero-order valence-electron chi connectivity index (χ0n) is 8.45. The molecule has 0 amide bonds. The van der Waals surface area contributed by atoms with Gasteiger partial charge < -0.3 is 0 Å². The molecule has 1 aromatic heterocycles. The Morgan fingerprint density at radius 2 is 1.88 bits per heavy atom. The molecule has 1 heterocycles. The summed E-state index contributed by atoms with van der Waals surface area (Å²) in [5, 5.41) is 0. The van der Waals surface area contributed by atoms with Crippen molar-refractivity contribution in [3.05, 3.63) is 50.6 Å².